The molecule has 1 aliphatic rings. The zero-order valence-electron chi connectivity index (χ0n) is 24.5. The Morgan fingerprint density at radius 3 is 2.14 bits per heavy atom. The van der Waals surface area contributed by atoms with Gasteiger partial charge in [-0.25, -0.2) is 0 Å². The Balaban J connectivity index is 1.02. The molecule has 0 atom stereocenters. The van der Waals surface area contributed by atoms with Crippen LogP contribution in [0.15, 0.2) is 55.0 Å². The first-order valence-electron chi connectivity index (χ1n) is 14.6. The largest absolute Gasteiger partial charge is 0.372 e. The summed E-state index contributed by atoms with van der Waals surface area (Å²) in [5, 5.41) is 22.0. The zero-order chi connectivity index (χ0) is 30.2. The lowest BCUT2D eigenvalue weighted by Crippen LogP contribution is -2.24. The molecule has 4 aromatic rings. The first kappa shape index (κ1) is 30.6. The fourth-order valence-corrected chi connectivity index (χ4v) is 5.22. The number of unbranched alkanes of at least 4 members (excludes halogenated alkanes) is 1. The molecular formula is C30H37IN10O2. The summed E-state index contributed by atoms with van der Waals surface area (Å²) < 4.78 is 3.31. The van der Waals surface area contributed by atoms with E-state index in [-0.39, 0.29) is 20.9 Å². The number of amides is 2. The van der Waals surface area contributed by atoms with Crippen molar-refractivity contribution in [2.45, 2.75) is 69.1 Å². The number of carbonyl (C=O) groups is 2. The minimum atomic E-state index is -0.292. The molecule has 1 saturated heterocycles. The van der Waals surface area contributed by atoms with Crippen LogP contribution in [0.1, 0.15) is 77.3 Å². The summed E-state index contributed by atoms with van der Waals surface area (Å²) in [6, 6.07) is 12.3. The van der Waals surface area contributed by atoms with Crippen molar-refractivity contribution in [1.82, 2.24) is 45.6 Å². The second kappa shape index (κ2) is 14.1. The summed E-state index contributed by atoms with van der Waals surface area (Å²) in [5.74, 6) is -0.538. The molecule has 1 aromatic carbocycles. The lowest BCUT2D eigenvalue weighted by atomic mass is 10.0. The molecule has 12 nitrogen and oxygen atoms in total. The van der Waals surface area contributed by atoms with Crippen LogP contribution >= 0.6 is 22.6 Å². The second-order valence-corrected chi connectivity index (χ2v) is 13.9. The molecule has 0 radical (unpaired) electrons. The molecule has 5 rings (SSSR count). The van der Waals surface area contributed by atoms with Gasteiger partial charge in [-0.05, 0) is 74.9 Å². The van der Waals surface area contributed by atoms with Crippen LogP contribution < -0.4 is 15.5 Å². The van der Waals surface area contributed by atoms with E-state index in [1.165, 1.54) is 18.5 Å². The number of carbonyl (C=O) groups excluding carboxylic acids is 2. The molecule has 13 heteroatoms. The number of halogens is 1. The highest BCUT2D eigenvalue weighted by Crippen LogP contribution is 2.30. The monoisotopic (exact) mass is 696 g/mol. The van der Waals surface area contributed by atoms with Crippen molar-refractivity contribution in [3.8, 4) is 0 Å². The highest BCUT2D eigenvalue weighted by molar-refractivity contribution is 14.1. The molecule has 0 bridgehead atoms. The number of anilines is 1. The van der Waals surface area contributed by atoms with Gasteiger partial charge in [-0.15, -0.1) is 10.2 Å². The van der Waals surface area contributed by atoms with Gasteiger partial charge in [0.05, 0.1) is 24.6 Å². The Hall–Kier alpha value is -3.88. The molecule has 1 aliphatic heterocycles. The molecule has 43 heavy (non-hydrogen) atoms. The minimum Gasteiger partial charge on any atom is -0.372 e. The third-order valence-electron chi connectivity index (χ3n) is 7.33. The van der Waals surface area contributed by atoms with E-state index in [0.29, 0.717) is 31.9 Å². The highest BCUT2D eigenvalue weighted by atomic mass is 127. The van der Waals surface area contributed by atoms with Crippen molar-refractivity contribution in [3.05, 3.63) is 83.2 Å². The van der Waals surface area contributed by atoms with E-state index in [1.807, 2.05) is 24.3 Å². The fraction of sp³-hybridized carbons (Fsp3) is 0.433. The van der Waals surface area contributed by atoms with Gasteiger partial charge >= 0.3 is 0 Å². The van der Waals surface area contributed by atoms with Crippen molar-refractivity contribution in [3.63, 3.8) is 0 Å². The van der Waals surface area contributed by atoms with Crippen molar-refractivity contribution in [2.75, 3.05) is 18.0 Å². The molecule has 0 unspecified atom stereocenters. The standard InChI is InChI=1S/C30H37IN10O2/c1-30(2,31)23-10-11-32-24(17-23)19-34-29(43)27-21-41(38-36-27)15-6-5-14-40-20-26(35-37-40)28(42)33-18-22-8-7-9-25(16-22)39-12-3-4-13-39/h7-11,16-17,20-21H,3-6,12-15,18-19H2,1-2H3,(H,33,42)(H,34,43). The molecule has 1 fully saturated rings. The van der Waals surface area contributed by atoms with Crippen LogP contribution in [-0.2, 0) is 29.6 Å². The molecule has 0 aliphatic carbocycles. The van der Waals surface area contributed by atoms with Crippen LogP contribution in [0.2, 0.25) is 0 Å². The van der Waals surface area contributed by atoms with Crippen LogP contribution in [0, 0.1) is 0 Å². The highest BCUT2D eigenvalue weighted by Gasteiger charge is 2.17. The van der Waals surface area contributed by atoms with Gasteiger partial charge in [-0.1, -0.05) is 45.2 Å². The van der Waals surface area contributed by atoms with Gasteiger partial charge in [0, 0.05) is 48.0 Å². The Labute approximate surface area is 264 Å². The van der Waals surface area contributed by atoms with E-state index in [2.05, 4.69) is 89.7 Å². The number of aromatic nitrogens is 7. The molecule has 226 valence electrons. The summed E-state index contributed by atoms with van der Waals surface area (Å²) in [7, 11) is 0. The first-order chi connectivity index (χ1) is 20.7. The smallest absolute Gasteiger partial charge is 0.273 e. The molecule has 4 heterocycles. The predicted octanol–water partition coefficient (Wildman–Crippen LogP) is 3.88. The number of pyridine rings is 1. The van der Waals surface area contributed by atoms with Crippen LogP contribution in [0.4, 0.5) is 5.69 Å². The quantitative estimate of drug-likeness (QED) is 0.122. The lowest BCUT2D eigenvalue weighted by Gasteiger charge is -2.18. The summed E-state index contributed by atoms with van der Waals surface area (Å²) in [6.07, 6.45) is 9.11. The molecular weight excluding hydrogens is 659 g/mol. The number of rotatable bonds is 13. The number of nitrogens with one attached hydrogen (secondary N) is 2. The number of alkyl halides is 1. The van der Waals surface area contributed by atoms with E-state index in [9.17, 15) is 9.59 Å². The van der Waals surface area contributed by atoms with Crippen molar-refractivity contribution in [2.24, 2.45) is 0 Å². The topological polar surface area (TPSA) is 136 Å². The van der Waals surface area contributed by atoms with Crippen LogP contribution in [-0.4, -0.2) is 59.9 Å². The third-order valence-corrected chi connectivity index (χ3v) is 7.96. The van der Waals surface area contributed by atoms with Gasteiger partial charge in [0.2, 0.25) is 0 Å². The number of aryl methyl sites for hydroxylation is 2. The Morgan fingerprint density at radius 1 is 0.884 bits per heavy atom. The summed E-state index contributed by atoms with van der Waals surface area (Å²) >= 11 is 2.38. The lowest BCUT2D eigenvalue weighted by molar-refractivity contribution is 0.0937. The van der Waals surface area contributed by atoms with Gasteiger partial charge < -0.3 is 15.5 Å². The fourth-order valence-electron chi connectivity index (χ4n) is 4.89. The normalized spacial score (nSPS) is 13.3. The number of hydrogen-bond acceptors (Lipinski definition) is 8. The number of benzene rings is 1. The maximum Gasteiger partial charge on any atom is 0.273 e. The van der Waals surface area contributed by atoms with Gasteiger partial charge in [0.25, 0.3) is 11.8 Å². The van der Waals surface area contributed by atoms with E-state index >= 15 is 0 Å². The van der Waals surface area contributed by atoms with Crippen molar-refractivity contribution < 1.29 is 9.59 Å². The van der Waals surface area contributed by atoms with E-state index < -0.39 is 0 Å². The van der Waals surface area contributed by atoms with Crippen molar-refractivity contribution in [1.29, 1.82) is 0 Å². The predicted molar refractivity (Wildman–Crippen MR) is 171 cm³/mol. The molecule has 3 aromatic heterocycles. The van der Waals surface area contributed by atoms with Gasteiger partial charge in [0.1, 0.15) is 0 Å². The summed E-state index contributed by atoms with van der Waals surface area (Å²) in [4.78, 5) is 31.9. The van der Waals surface area contributed by atoms with Crippen molar-refractivity contribution >= 4 is 40.1 Å². The van der Waals surface area contributed by atoms with Gasteiger partial charge in [-0.2, -0.15) is 0 Å². The van der Waals surface area contributed by atoms with Crippen LogP contribution in [0.5, 0.6) is 0 Å². The average molecular weight is 697 g/mol. The average Bonchev–Trinajstić information content (AvgIpc) is 3.80. The molecule has 2 amide bonds. The number of hydrogen-bond donors (Lipinski definition) is 2. The SMILES string of the molecule is CC(C)(I)c1ccnc(CNC(=O)c2cn(CCCCn3cc(C(=O)NCc4cccc(N5CCCC5)c4)nn3)nn2)c1. The first-order valence-corrected chi connectivity index (χ1v) is 15.7. The van der Waals surface area contributed by atoms with E-state index in [0.717, 1.165) is 42.8 Å². The van der Waals surface area contributed by atoms with Crippen LogP contribution in [0.25, 0.3) is 0 Å². The Morgan fingerprint density at radius 2 is 1.51 bits per heavy atom. The van der Waals surface area contributed by atoms with Crippen LogP contribution in [0.3, 0.4) is 0 Å². The zero-order valence-corrected chi connectivity index (χ0v) is 26.7. The molecule has 0 spiro atoms. The molecule has 2 N–H and O–H groups in total. The number of nitrogens with zero attached hydrogens (tertiary/aromatic N) is 8. The minimum absolute atomic E-state index is 0.0205. The van der Waals surface area contributed by atoms with E-state index in [1.54, 1.807) is 28.0 Å². The maximum absolute atomic E-state index is 12.6. The van der Waals surface area contributed by atoms with Gasteiger partial charge in [0.15, 0.2) is 11.4 Å². The Kier molecular flexibility index (Phi) is 10.00. The molecule has 0 saturated carbocycles. The van der Waals surface area contributed by atoms with E-state index in [4.69, 9.17) is 0 Å². The summed E-state index contributed by atoms with van der Waals surface area (Å²) in [5.41, 5.74) is 4.76. The third kappa shape index (κ3) is 8.58. The summed E-state index contributed by atoms with van der Waals surface area (Å²) in [6.45, 7) is 8.39. The maximum atomic E-state index is 12.6. The Bertz CT molecular complexity index is 1540. The second-order valence-electron chi connectivity index (χ2n) is 11.2. The van der Waals surface area contributed by atoms with Gasteiger partial charge in [-0.3, -0.25) is 23.9 Å².